The number of fused-ring (bicyclic) bond motifs is 1. The van der Waals surface area contributed by atoms with E-state index >= 15 is 0 Å². The number of ether oxygens (including phenoxy) is 1. The zero-order valence-electron chi connectivity index (χ0n) is 18.2. The molecule has 32 heavy (non-hydrogen) atoms. The van der Waals surface area contributed by atoms with Crippen LogP contribution in [0.1, 0.15) is 47.3 Å². The Bertz CT molecular complexity index is 1350. The van der Waals surface area contributed by atoms with Gasteiger partial charge in [0.2, 0.25) is 5.91 Å². The molecule has 0 spiro atoms. The molecule has 166 valence electrons. The van der Waals surface area contributed by atoms with Crippen LogP contribution in [0.15, 0.2) is 39.9 Å². The van der Waals surface area contributed by atoms with Crippen LogP contribution in [0.3, 0.4) is 0 Å². The molecule has 2 heterocycles. The van der Waals surface area contributed by atoms with Gasteiger partial charge >= 0.3 is 11.7 Å². The van der Waals surface area contributed by atoms with Crippen LogP contribution in [0.5, 0.6) is 0 Å². The lowest BCUT2D eigenvalue weighted by molar-refractivity contribution is -0.116. The number of hydrogen-bond donors (Lipinski definition) is 1. The zero-order valence-corrected chi connectivity index (χ0v) is 18.2. The van der Waals surface area contributed by atoms with Gasteiger partial charge in [-0.3, -0.25) is 18.7 Å². The van der Waals surface area contributed by atoms with E-state index in [1.165, 1.54) is 11.6 Å². The van der Waals surface area contributed by atoms with Crippen molar-refractivity contribution >= 4 is 28.6 Å². The number of rotatable bonds is 6. The molecule has 0 radical (unpaired) electrons. The third kappa shape index (κ3) is 4.05. The molecular formula is C23H24N4O5. The molecule has 1 fully saturated rings. The lowest BCUT2D eigenvalue weighted by Crippen LogP contribution is -2.42. The van der Waals surface area contributed by atoms with Gasteiger partial charge in [-0.25, -0.2) is 14.6 Å². The zero-order chi connectivity index (χ0) is 23.0. The summed E-state index contributed by atoms with van der Waals surface area (Å²) in [7, 11) is 1.47. The Morgan fingerprint density at radius 3 is 2.62 bits per heavy atom. The van der Waals surface area contributed by atoms with Gasteiger partial charge < -0.3 is 10.1 Å². The molecular weight excluding hydrogens is 412 g/mol. The topological polar surface area (TPSA) is 112 Å². The summed E-state index contributed by atoms with van der Waals surface area (Å²) in [6, 6.07) is 8.75. The van der Waals surface area contributed by atoms with Crippen LogP contribution >= 0.6 is 0 Å². The fourth-order valence-electron chi connectivity index (χ4n) is 3.66. The van der Waals surface area contributed by atoms with Crippen molar-refractivity contribution in [3.63, 3.8) is 0 Å². The van der Waals surface area contributed by atoms with Gasteiger partial charge in [0.1, 0.15) is 12.2 Å². The standard InChI is InChI=1S/C23H24N4O5/c1-4-32-22(30)16-11-17(14-8-9-14)25-20-19(16)21(29)27(23(31)26(20)3)12-18(28)24-15-7-5-6-13(2)10-15/h5-7,10-11,14H,4,8-9,12H2,1-3H3,(H,24,28). The van der Waals surface area contributed by atoms with Crippen LogP contribution in [0.4, 0.5) is 5.69 Å². The maximum absolute atomic E-state index is 13.3. The van der Waals surface area contributed by atoms with Crippen molar-refractivity contribution in [3.8, 4) is 0 Å². The summed E-state index contributed by atoms with van der Waals surface area (Å²) in [5, 5.41) is 2.66. The largest absolute Gasteiger partial charge is 0.462 e. The number of hydrogen-bond acceptors (Lipinski definition) is 6. The summed E-state index contributed by atoms with van der Waals surface area (Å²) < 4.78 is 7.16. The van der Waals surface area contributed by atoms with Gasteiger partial charge in [-0.1, -0.05) is 12.1 Å². The smallest absolute Gasteiger partial charge is 0.339 e. The number of carbonyl (C=O) groups excluding carboxylic acids is 2. The van der Waals surface area contributed by atoms with Crippen molar-refractivity contribution in [1.82, 2.24) is 14.1 Å². The van der Waals surface area contributed by atoms with Crippen LogP contribution in [0, 0.1) is 6.92 Å². The van der Waals surface area contributed by atoms with Crippen LogP contribution in [-0.4, -0.2) is 32.6 Å². The van der Waals surface area contributed by atoms with Gasteiger partial charge in [0, 0.05) is 24.3 Å². The summed E-state index contributed by atoms with van der Waals surface area (Å²) in [5.74, 6) is -0.993. The molecule has 1 aliphatic carbocycles. The summed E-state index contributed by atoms with van der Waals surface area (Å²) in [4.78, 5) is 56.0. The van der Waals surface area contributed by atoms with E-state index < -0.39 is 29.7 Å². The highest BCUT2D eigenvalue weighted by Gasteiger charge is 2.29. The summed E-state index contributed by atoms with van der Waals surface area (Å²) >= 11 is 0. The molecule has 0 bridgehead atoms. The van der Waals surface area contributed by atoms with Gasteiger partial charge in [-0.2, -0.15) is 0 Å². The lowest BCUT2D eigenvalue weighted by Gasteiger charge is -2.14. The van der Waals surface area contributed by atoms with Crippen molar-refractivity contribution in [1.29, 1.82) is 0 Å². The highest BCUT2D eigenvalue weighted by atomic mass is 16.5. The first-order chi connectivity index (χ1) is 15.3. The second kappa shape index (κ2) is 8.41. The number of carbonyl (C=O) groups is 2. The Morgan fingerprint density at radius 1 is 1.22 bits per heavy atom. The molecule has 9 heteroatoms. The average molecular weight is 436 g/mol. The van der Waals surface area contributed by atoms with E-state index in [-0.39, 0.29) is 29.1 Å². The van der Waals surface area contributed by atoms with E-state index in [1.807, 2.05) is 13.0 Å². The van der Waals surface area contributed by atoms with Crippen LogP contribution in [0.25, 0.3) is 11.0 Å². The van der Waals surface area contributed by atoms with E-state index in [0.717, 1.165) is 23.0 Å². The summed E-state index contributed by atoms with van der Waals surface area (Å²) in [6.07, 6.45) is 1.87. The molecule has 1 aliphatic rings. The van der Waals surface area contributed by atoms with E-state index in [1.54, 1.807) is 31.2 Å². The molecule has 4 rings (SSSR count). The predicted octanol–water partition coefficient (Wildman–Crippen LogP) is 2.10. The number of aromatic nitrogens is 3. The lowest BCUT2D eigenvalue weighted by atomic mass is 10.1. The quantitative estimate of drug-likeness (QED) is 0.592. The molecule has 0 aliphatic heterocycles. The first kappa shape index (κ1) is 21.5. The van der Waals surface area contributed by atoms with Crippen LogP contribution in [0.2, 0.25) is 0 Å². The normalized spacial score (nSPS) is 13.2. The minimum absolute atomic E-state index is 0.0293. The second-order valence-electron chi connectivity index (χ2n) is 7.94. The highest BCUT2D eigenvalue weighted by Crippen LogP contribution is 2.39. The molecule has 1 N–H and O–H groups in total. The molecule has 1 aromatic carbocycles. The Hall–Kier alpha value is -3.75. The van der Waals surface area contributed by atoms with Crippen molar-refractivity contribution < 1.29 is 14.3 Å². The van der Waals surface area contributed by atoms with Crippen LogP contribution < -0.4 is 16.6 Å². The number of aryl methyl sites for hydroxylation is 2. The molecule has 1 amide bonds. The van der Waals surface area contributed by atoms with E-state index in [9.17, 15) is 19.2 Å². The third-order valence-electron chi connectivity index (χ3n) is 5.41. The maximum Gasteiger partial charge on any atom is 0.339 e. The summed E-state index contributed by atoms with van der Waals surface area (Å²) in [6.45, 7) is 3.20. The Kier molecular flexibility index (Phi) is 5.65. The first-order valence-electron chi connectivity index (χ1n) is 10.5. The number of nitrogens with zero attached hydrogens (tertiary/aromatic N) is 3. The van der Waals surface area contributed by atoms with E-state index in [0.29, 0.717) is 11.4 Å². The number of nitrogens with one attached hydrogen (secondary N) is 1. The SMILES string of the molecule is CCOC(=O)c1cc(C2CC2)nc2c1c(=O)n(CC(=O)Nc1cccc(C)c1)c(=O)n2C. The first-order valence-corrected chi connectivity index (χ1v) is 10.5. The van der Waals surface area contributed by atoms with Gasteiger partial charge in [-0.05, 0) is 50.5 Å². The number of pyridine rings is 1. The maximum atomic E-state index is 13.3. The number of benzene rings is 1. The summed E-state index contributed by atoms with van der Waals surface area (Å²) in [5.41, 5.74) is 0.916. The Morgan fingerprint density at radius 2 is 1.97 bits per heavy atom. The van der Waals surface area contributed by atoms with E-state index in [2.05, 4.69) is 10.3 Å². The van der Waals surface area contributed by atoms with Crippen molar-refractivity contribution in [2.75, 3.05) is 11.9 Å². The molecule has 3 aromatic rings. The van der Waals surface area contributed by atoms with Gasteiger partial charge in [0.25, 0.3) is 5.56 Å². The predicted molar refractivity (Wildman–Crippen MR) is 119 cm³/mol. The minimum Gasteiger partial charge on any atom is -0.462 e. The van der Waals surface area contributed by atoms with Crippen LogP contribution in [-0.2, 0) is 23.1 Å². The average Bonchev–Trinajstić information content (AvgIpc) is 3.60. The minimum atomic E-state index is -0.750. The molecule has 0 saturated heterocycles. The van der Waals surface area contributed by atoms with Crippen molar-refractivity contribution in [2.24, 2.45) is 7.05 Å². The van der Waals surface area contributed by atoms with E-state index in [4.69, 9.17) is 4.74 Å². The highest BCUT2D eigenvalue weighted by molar-refractivity contribution is 6.02. The monoisotopic (exact) mass is 436 g/mol. The molecule has 1 saturated carbocycles. The fourth-order valence-corrected chi connectivity index (χ4v) is 3.66. The number of amides is 1. The molecule has 0 unspecified atom stereocenters. The van der Waals surface area contributed by atoms with Gasteiger partial charge in [-0.15, -0.1) is 0 Å². The number of esters is 1. The van der Waals surface area contributed by atoms with Crippen molar-refractivity contribution in [3.05, 3.63) is 68.0 Å². The second-order valence-corrected chi connectivity index (χ2v) is 7.94. The number of anilines is 1. The molecule has 9 nitrogen and oxygen atoms in total. The van der Waals surface area contributed by atoms with Gasteiger partial charge in [0.15, 0.2) is 0 Å². The Balaban J connectivity index is 1.81. The van der Waals surface area contributed by atoms with Crippen molar-refractivity contribution in [2.45, 2.75) is 39.2 Å². The fraction of sp³-hybridized carbons (Fsp3) is 0.348. The Labute approximate surface area is 183 Å². The third-order valence-corrected chi connectivity index (χ3v) is 5.41. The van der Waals surface area contributed by atoms with Gasteiger partial charge in [0.05, 0.1) is 17.6 Å². The molecule has 0 atom stereocenters. The molecule has 2 aromatic heterocycles.